The Morgan fingerprint density at radius 2 is 0.593 bits per heavy atom. The van der Waals surface area contributed by atoms with Crippen molar-refractivity contribution < 1.29 is 0 Å². The smallest absolute Gasteiger partial charge is 0.0540 e. The van der Waals surface area contributed by atoms with Crippen molar-refractivity contribution in [1.29, 1.82) is 0 Å². The van der Waals surface area contributed by atoms with Crippen LogP contribution in [0.4, 0.5) is 17.1 Å². The Labute approximate surface area is 346 Å². The van der Waals surface area contributed by atoms with Gasteiger partial charge in [-0.2, -0.15) is 0 Å². The summed E-state index contributed by atoms with van der Waals surface area (Å²) >= 11 is 0. The molecule has 0 spiro atoms. The molecule has 0 saturated carbocycles. The largest absolute Gasteiger partial charge is 0.310 e. The van der Waals surface area contributed by atoms with E-state index in [0.29, 0.717) is 0 Å². The van der Waals surface area contributed by atoms with Crippen molar-refractivity contribution in [3.8, 4) is 66.8 Å². The molecule has 1 heteroatoms. The van der Waals surface area contributed by atoms with Crippen LogP contribution in [0.1, 0.15) is 0 Å². The summed E-state index contributed by atoms with van der Waals surface area (Å²) in [4.78, 5) is 2.40. The summed E-state index contributed by atoms with van der Waals surface area (Å²) in [5.41, 5.74) is 17.7. The van der Waals surface area contributed by atoms with Gasteiger partial charge in [0.05, 0.1) is 5.69 Å². The second kappa shape index (κ2) is 16.0. The first-order valence-electron chi connectivity index (χ1n) is 20.3. The molecule has 0 heterocycles. The Bertz CT molecular complexity index is 2970. The number of fused-ring (bicyclic) bond motifs is 1. The van der Waals surface area contributed by atoms with E-state index >= 15 is 0 Å². The molecule has 0 saturated heterocycles. The summed E-state index contributed by atoms with van der Waals surface area (Å²) in [6, 6.07) is 89.7. The van der Waals surface area contributed by atoms with Crippen LogP contribution >= 0.6 is 0 Å². The molecule has 0 aliphatic rings. The fraction of sp³-hybridized carbons (Fsp3) is 0. The van der Waals surface area contributed by atoms with Crippen LogP contribution < -0.4 is 4.90 Å². The zero-order valence-corrected chi connectivity index (χ0v) is 32.6. The minimum Gasteiger partial charge on any atom is -0.310 e. The Balaban J connectivity index is 1.07. The Morgan fingerprint density at radius 3 is 1.14 bits per heavy atom. The van der Waals surface area contributed by atoms with E-state index in [1.807, 2.05) is 0 Å². The van der Waals surface area contributed by atoms with Gasteiger partial charge in [-0.1, -0.05) is 218 Å². The monoisotopic (exact) mass is 751 g/mol. The standard InChI is InChI=1S/C58H41N/c1-4-14-42(15-5-1)44-24-26-46(27-25-44)47-32-37-52(38-33-47)59(57-23-13-12-21-54(57)50-30-28-45(29-31-50)43-16-6-2-7-17-43)53-39-34-51(35-40-53)58-55-22-11-10-20-49(55)36-41-56(58)48-18-8-3-9-19-48/h1-41H. The number of para-hydroxylation sites is 1. The van der Waals surface area contributed by atoms with E-state index in [4.69, 9.17) is 0 Å². The second-order valence-corrected chi connectivity index (χ2v) is 14.9. The molecule has 0 amide bonds. The summed E-state index contributed by atoms with van der Waals surface area (Å²) in [7, 11) is 0. The van der Waals surface area contributed by atoms with Crippen LogP contribution in [-0.4, -0.2) is 0 Å². The third kappa shape index (κ3) is 7.23. The number of rotatable bonds is 9. The van der Waals surface area contributed by atoms with Crippen molar-refractivity contribution in [2.24, 2.45) is 0 Å². The second-order valence-electron chi connectivity index (χ2n) is 14.9. The maximum absolute atomic E-state index is 2.40. The molecule has 10 rings (SSSR count). The topological polar surface area (TPSA) is 3.24 Å². The lowest BCUT2D eigenvalue weighted by molar-refractivity contribution is 1.28. The Kier molecular flexibility index (Phi) is 9.68. The van der Waals surface area contributed by atoms with Crippen molar-refractivity contribution in [3.05, 3.63) is 249 Å². The van der Waals surface area contributed by atoms with Gasteiger partial charge in [0.1, 0.15) is 0 Å². The van der Waals surface area contributed by atoms with Crippen LogP contribution in [-0.2, 0) is 0 Å². The molecule has 0 fully saturated rings. The molecule has 0 bridgehead atoms. The molecule has 0 atom stereocenters. The average molecular weight is 752 g/mol. The predicted molar refractivity (Wildman–Crippen MR) is 251 cm³/mol. The van der Waals surface area contributed by atoms with E-state index in [-0.39, 0.29) is 0 Å². The fourth-order valence-corrected chi connectivity index (χ4v) is 8.32. The highest BCUT2D eigenvalue weighted by atomic mass is 15.1. The zero-order valence-electron chi connectivity index (χ0n) is 32.6. The first-order chi connectivity index (χ1) is 29.3. The van der Waals surface area contributed by atoms with Crippen molar-refractivity contribution >= 4 is 27.8 Å². The first-order valence-corrected chi connectivity index (χ1v) is 20.3. The average Bonchev–Trinajstić information content (AvgIpc) is 3.33. The third-order valence-electron chi connectivity index (χ3n) is 11.3. The molecule has 0 unspecified atom stereocenters. The van der Waals surface area contributed by atoms with Crippen LogP contribution in [0.2, 0.25) is 0 Å². The van der Waals surface area contributed by atoms with Gasteiger partial charge < -0.3 is 4.90 Å². The van der Waals surface area contributed by atoms with Gasteiger partial charge in [-0.25, -0.2) is 0 Å². The van der Waals surface area contributed by atoms with Gasteiger partial charge in [-0.05, 0) is 102 Å². The summed E-state index contributed by atoms with van der Waals surface area (Å²) in [5, 5.41) is 2.48. The molecule has 59 heavy (non-hydrogen) atoms. The van der Waals surface area contributed by atoms with Gasteiger partial charge in [0.2, 0.25) is 0 Å². The lowest BCUT2D eigenvalue weighted by Gasteiger charge is -2.28. The van der Waals surface area contributed by atoms with Crippen LogP contribution in [0.3, 0.4) is 0 Å². The lowest BCUT2D eigenvalue weighted by atomic mass is 9.89. The first kappa shape index (κ1) is 35.7. The summed E-state index contributed by atoms with van der Waals surface area (Å²) in [5.74, 6) is 0. The minimum absolute atomic E-state index is 1.09. The van der Waals surface area contributed by atoms with E-state index in [9.17, 15) is 0 Å². The van der Waals surface area contributed by atoms with E-state index in [0.717, 1.165) is 22.6 Å². The van der Waals surface area contributed by atoms with Crippen LogP contribution in [0.5, 0.6) is 0 Å². The highest BCUT2D eigenvalue weighted by Crippen LogP contribution is 2.44. The lowest BCUT2D eigenvalue weighted by Crippen LogP contribution is -2.11. The highest BCUT2D eigenvalue weighted by Gasteiger charge is 2.19. The van der Waals surface area contributed by atoms with Gasteiger partial charge in [-0.15, -0.1) is 0 Å². The maximum Gasteiger partial charge on any atom is 0.0540 e. The third-order valence-corrected chi connectivity index (χ3v) is 11.3. The van der Waals surface area contributed by atoms with Crippen molar-refractivity contribution in [3.63, 3.8) is 0 Å². The summed E-state index contributed by atoms with van der Waals surface area (Å²) in [6.07, 6.45) is 0. The molecule has 1 nitrogen and oxygen atoms in total. The summed E-state index contributed by atoms with van der Waals surface area (Å²) < 4.78 is 0. The molecular weight excluding hydrogens is 711 g/mol. The quantitative estimate of drug-likeness (QED) is 0.142. The molecule has 10 aromatic carbocycles. The highest BCUT2D eigenvalue weighted by molar-refractivity contribution is 6.04. The maximum atomic E-state index is 2.40. The zero-order chi connectivity index (χ0) is 39.4. The molecule has 10 aromatic rings. The van der Waals surface area contributed by atoms with Crippen molar-refractivity contribution in [2.75, 3.05) is 4.90 Å². The molecule has 0 aliphatic carbocycles. The fourth-order valence-electron chi connectivity index (χ4n) is 8.32. The number of hydrogen-bond acceptors (Lipinski definition) is 1. The summed E-state index contributed by atoms with van der Waals surface area (Å²) in [6.45, 7) is 0. The predicted octanol–water partition coefficient (Wildman–Crippen LogP) is 16.3. The number of anilines is 3. The number of hydrogen-bond donors (Lipinski definition) is 0. The van der Waals surface area contributed by atoms with Gasteiger partial charge in [-0.3, -0.25) is 0 Å². The Morgan fingerprint density at radius 1 is 0.220 bits per heavy atom. The van der Waals surface area contributed by atoms with Gasteiger partial charge in [0.25, 0.3) is 0 Å². The number of nitrogens with zero attached hydrogens (tertiary/aromatic N) is 1. The molecule has 0 radical (unpaired) electrons. The molecule has 278 valence electrons. The van der Waals surface area contributed by atoms with Crippen molar-refractivity contribution in [2.45, 2.75) is 0 Å². The molecule has 0 aromatic heterocycles. The van der Waals surface area contributed by atoms with Crippen LogP contribution in [0.15, 0.2) is 249 Å². The Hall–Kier alpha value is -7.74. The van der Waals surface area contributed by atoms with E-state index in [1.165, 1.54) is 72.0 Å². The molecular formula is C58H41N. The van der Waals surface area contributed by atoms with E-state index < -0.39 is 0 Å². The molecule has 0 N–H and O–H groups in total. The van der Waals surface area contributed by atoms with E-state index in [1.54, 1.807) is 0 Å². The van der Waals surface area contributed by atoms with Gasteiger partial charge >= 0.3 is 0 Å². The normalized spacial score (nSPS) is 11.1. The molecule has 0 aliphatic heterocycles. The van der Waals surface area contributed by atoms with Gasteiger partial charge in [0, 0.05) is 16.9 Å². The van der Waals surface area contributed by atoms with E-state index in [2.05, 4.69) is 254 Å². The van der Waals surface area contributed by atoms with Crippen LogP contribution in [0.25, 0.3) is 77.5 Å². The number of benzene rings is 10. The van der Waals surface area contributed by atoms with Crippen LogP contribution in [0, 0.1) is 0 Å². The minimum atomic E-state index is 1.09. The van der Waals surface area contributed by atoms with Crippen molar-refractivity contribution in [1.82, 2.24) is 0 Å². The SMILES string of the molecule is c1ccc(-c2ccc(-c3ccc(N(c4ccc(-c5c(-c6ccccc6)ccc6ccccc56)cc4)c4ccccc4-c4ccc(-c5ccccc5)cc4)cc3)cc2)cc1. The van der Waals surface area contributed by atoms with Gasteiger partial charge in [0.15, 0.2) is 0 Å².